The monoisotopic (exact) mass is 229 g/mol. The number of amides is 1. The molecule has 0 fully saturated rings. The molecule has 4 heteroatoms. The number of rotatable bonds is 5. The van der Waals surface area contributed by atoms with Gasteiger partial charge >= 0.3 is 6.09 Å². The Hall–Kier alpha value is -1.06. The maximum atomic E-state index is 11.4. The minimum Gasteiger partial charge on any atom is -0.444 e. The van der Waals surface area contributed by atoms with Crippen molar-refractivity contribution < 1.29 is 14.3 Å². The summed E-state index contributed by atoms with van der Waals surface area (Å²) in [5.41, 5.74) is -0.469. The van der Waals surface area contributed by atoms with Gasteiger partial charge in [0.25, 0.3) is 0 Å². The Kier molecular flexibility index (Phi) is 6.08. The average molecular weight is 229 g/mol. The molecule has 1 atom stereocenters. The Balaban J connectivity index is 3.74. The fraction of sp³-hybridized carbons (Fsp3) is 0.833. The summed E-state index contributed by atoms with van der Waals surface area (Å²) in [6.45, 7) is 8.96. The molecule has 0 spiro atoms. The maximum Gasteiger partial charge on any atom is 0.407 e. The summed E-state index contributed by atoms with van der Waals surface area (Å²) in [5, 5.41) is 2.74. The molecule has 1 N–H and O–H groups in total. The minimum atomic E-state index is -0.469. The lowest BCUT2D eigenvalue weighted by Gasteiger charge is -2.21. The third-order valence-corrected chi connectivity index (χ3v) is 1.93. The number of hydrogen-bond acceptors (Lipinski definition) is 3. The first-order valence-electron chi connectivity index (χ1n) is 5.69. The molecule has 0 aliphatic carbocycles. The normalized spacial score (nSPS) is 13.1. The van der Waals surface area contributed by atoms with E-state index in [0.29, 0.717) is 6.42 Å². The smallest absolute Gasteiger partial charge is 0.407 e. The molecule has 0 bridgehead atoms. The van der Waals surface area contributed by atoms with Gasteiger partial charge in [-0.25, -0.2) is 4.79 Å². The SMILES string of the molecule is CC(=O)CCC[C@H](C)NC(=O)OC(C)(C)C. The van der Waals surface area contributed by atoms with E-state index < -0.39 is 11.7 Å². The molecule has 0 aromatic heterocycles. The quantitative estimate of drug-likeness (QED) is 0.788. The van der Waals surface area contributed by atoms with Crippen LogP contribution in [0.25, 0.3) is 0 Å². The van der Waals surface area contributed by atoms with Crippen molar-refractivity contribution >= 4 is 11.9 Å². The van der Waals surface area contributed by atoms with Gasteiger partial charge in [0.2, 0.25) is 0 Å². The summed E-state index contributed by atoms with van der Waals surface area (Å²) >= 11 is 0. The highest BCUT2D eigenvalue weighted by Gasteiger charge is 2.17. The minimum absolute atomic E-state index is 0.0363. The van der Waals surface area contributed by atoms with E-state index in [1.807, 2.05) is 27.7 Å². The van der Waals surface area contributed by atoms with Crippen LogP contribution in [0, 0.1) is 0 Å². The van der Waals surface area contributed by atoms with E-state index in [9.17, 15) is 9.59 Å². The Bertz CT molecular complexity index is 243. The number of nitrogens with one attached hydrogen (secondary N) is 1. The molecule has 0 rings (SSSR count). The predicted molar refractivity (Wildman–Crippen MR) is 63.4 cm³/mol. The third kappa shape index (κ3) is 9.49. The number of carbonyl (C=O) groups excluding carboxylic acids is 2. The first-order valence-corrected chi connectivity index (χ1v) is 5.69. The van der Waals surface area contributed by atoms with Crippen LogP contribution >= 0.6 is 0 Å². The van der Waals surface area contributed by atoms with Gasteiger partial charge in [-0.3, -0.25) is 0 Å². The highest BCUT2D eigenvalue weighted by molar-refractivity contribution is 5.75. The second kappa shape index (κ2) is 6.51. The summed E-state index contributed by atoms with van der Waals surface area (Å²) in [4.78, 5) is 22.1. The summed E-state index contributed by atoms with van der Waals surface area (Å²) < 4.78 is 5.12. The summed E-state index contributed by atoms with van der Waals surface area (Å²) in [6.07, 6.45) is 1.76. The van der Waals surface area contributed by atoms with Crippen LogP contribution in [0.15, 0.2) is 0 Å². The van der Waals surface area contributed by atoms with E-state index in [-0.39, 0.29) is 11.8 Å². The van der Waals surface area contributed by atoms with Crippen molar-refractivity contribution in [3.63, 3.8) is 0 Å². The first-order chi connectivity index (χ1) is 7.20. The molecular formula is C12H23NO3. The van der Waals surface area contributed by atoms with Crippen molar-refractivity contribution in [3.8, 4) is 0 Å². The highest BCUT2D eigenvalue weighted by Crippen LogP contribution is 2.08. The zero-order chi connectivity index (χ0) is 12.8. The maximum absolute atomic E-state index is 11.4. The molecule has 94 valence electrons. The molecule has 0 unspecified atom stereocenters. The van der Waals surface area contributed by atoms with Crippen molar-refractivity contribution in [2.75, 3.05) is 0 Å². The van der Waals surface area contributed by atoms with Gasteiger partial charge in [0.05, 0.1) is 0 Å². The number of carbonyl (C=O) groups is 2. The fourth-order valence-electron chi connectivity index (χ4n) is 1.24. The van der Waals surface area contributed by atoms with E-state index in [4.69, 9.17) is 4.74 Å². The number of ether oxygens (including phenoxy) is 1. The van der Waals surface area contributed by atoms with Crippen molar-refractivity contribution in [1.29, 1.82) is 0 Å². The van der Waals surface area contributed by atoms with Crippen LogP contribution in [-0.2, 0) is 9.53 Å². The molecule has 16 heavy (non-hydrogen) atoms. The van der Waals surface area contributed by atoms with Crippen LogP contribution in [0.2, 0.25) is 0 Å². The summed E-state index contributed by atoms with van der Waals surface area (Å²) in [7, 11) is 0. The zero-order valence-corrected chi connectivity index (χ0v) is 10.9. The summed E-state index contributed by atoms with van der Waals surface area (Å²) in [5.74, 6) is 0.185. The standard InChI is InChI=1S/C12H23NO3/c1-9(7-6-8-10(2)14)13-11(15)16-12(3,4)5/h9H,6-8H2,1-5H3,(H,13,15)/t9-/m0/s1. The molecule has 0 saturated heterocycles. The fourth-order valence-corrected chi connectivity index (χ4v) is 1.24. The van der Waals surface area contributed by atoms with Crippen molar-refractivity contribution in [2.24, 2.45) is 0 Å². The van der Waals surface area contributed by atoms with Crippen LogP contribution in [0.1, 0.15) is 53.9 Å². The Morgan fingerprint density at radius 1 is 1.31 bits per heavy atom. The largest absolute Gasteiger partial charge is 0.444 e. The van der Waals surface area contributed by atoms with Gasteiger partial charge in [0.15, 0.2) is 0 Å². The molecule has 0 radical (unpaired) electrons. The van der Waals surface area contributed by atoms with Crippen LogP contribution < -0.4 is 5.32 Å². The van der Waals surface area contributed by atoms with E-state index in [1.54, 1.807) is 6.92 Å². The number of ketones is 1. The second-order valence-electron chi connectivity index (χ2n) is 5.14. The molecule has 0 heterocycles. The van der Waals surface area contributed by atoms with Crippen LogP contribution in [0.5, 0.6) is 0 Å². The Morgan fingerprint density at radius 3 is 2.31 bits per heavy atom. The Morgan fingerprint density at radius 2 is 1.88 bits per heavy atom. The lowest BCUT2D eigenvalue weighted by atomic mass is 10.1. The van der Waals surface area contributed by atoms with Gasteiger partial charge < -0.3 is 14.8 Å². The average Bonchev–Trinajstić information content (AvgIpc) is 1.98. The molecule has 0 aliphatic rings. The van der Waals surface area contributed by atoms with Crippen LogP contribution in [0.4, 0.5) is 4.79 Å². The molecular weight excluding hydrogens is 206 g/mol. The van der Waals surface area contributed by atoms with Crippen molar-refractivity contribution in [2.45, 2.75) is 65.5 Å². The summed E-state index contributed by atoms with van der Waals surface area (Å²) in [6, 6.07) is 0.0363. The number of Topliss-reactive ketones (excluding diaryl/α,β-unsaturated/α-hetero) is 1. The van der Waals surface area contributed by atoms with Gasteiger partial charge in [0.1, 0.15) is 11.4 Å². The van der Waals surface area contributed by atoms with Gasteiger partial charge in [-0.2, -0.15) is 0 Å². The van der Waals surface area contributed by atoms with Crippen LogP contribution in [-0.4, -0.2) is 23.5 Å². The van der Waals surface area contributed by atoms with E-state index in [2.05, 4.69) is 5.32 Å². The molecule has 1 amide bonds. The molecule has 0 aliphatic heterocycles. The van der Waals surface area contributed by atoms with Crippen LogP contribution in [0.3, 0.4) is 0 Å². The first kappa shape index (κ1) is 14.9. The van der Waals surface area contributed by atoms with Gasteiger partial charge in [-0.1, -0.05) is 0 Å². The molecule has 0 saturated carbocycles. The van der Waals surface area contributed by atoms with Gasteiger partial charge in [0, 0.05) is 12.5 Å². The zero-order valence-electron chi connectivity index (χ0n) is 10.9. The lowest BCUT2D eigenvalue weighted by molar-refractivity contribution is -0.117. The van der Waals surface area contributed by atoms with Gasteiger partial charge in [-0.15, -0.1) is 0 Å². The molecule has 0 aromatic carbocycles. The third-order valence-electron chi connectivity index (χ3n) is 1.93. The number of alkyl carbamates (subject to hydrolysis) is 1. The van der Waals surface area contributed by atoms with E-state index >= 15 is 0 Å². The van der Waals surface area contributed by atoms with Gasteiger partial charge in [-0.05, 0) is 47.5 Å². The topological polar surface area (TPSA) is 55.4 Å². The van der Waals surface area contributed by atoms with E-state index in [0.717, 1.165) is 12.8 Å². The van der Waals surface area contributed by atoms with Crippen molar-refractivity contribution in [1.82, 2.24) is 5.32 Å². The predicted octanol–water partition coefficient (Wildman–Crippen LogP) is 2.66. The number of hydrogen-bond donors (Lipinski definition) is 1. The molecule has 4 nitrogen and oxygen atoms in total. The second-order valence-corrected chi connectivity index (χ2v) is 5.14. The highest BCUT2D eigenvalue weighted by atomic mass is 16.6. The van der Waals surface area contributed by atoms with E-state index in [1.165, 1.54) is 0 Å². The lowest BCUT2D eigenvalue weighted by Crippen LogP contribution is -2.37. The molecule has 0 aromatic rings. The Labute approximate surface area is 97.7 Å². The van der Waals surface area contributed by atoms with Crippen molar-refractivity contribution in [3.05, 3.63) is 0 Å².